The predicted molar refractivity (Wildman–Crippen MR) is 75.0 cm³/mol. The molecule has 2 aromatic heterocycles. The molecule has 1 fully saturated rings. The second kappa shape index (κ2) is 5.05. The molecule has 1 amide bonds. The number of carbonyl (C=O) groups is 1. The van der Waals surface area contributed by atoms with Gasteiger partial charge in [0.1, 0.15) is 0 Å². The summed E-state index contributed by atoms with van der Waals surface area (Å²) in [7, 11) is 0. The Bertz CT molecular complexity index is 603. The van der Waals surface area contributed by atoms with Gasteiger partial charge in [0.25, 0.3) is 0 Å². The highest BCUT2D eigenvalue weighted by atomic mass is 16.1. The molecule has 0 saturated heterocycles. The summed E-state index contributed by atoms with van der Waals surface area (Å²) in [6.45, 7) is 0.652. The fourth-order valence-corrected chi connectivity index (χ4v) is 2.04. The van der Waals surface area contributed by atoms with Gasteiger partial charge in [-0.05, 0) is 30.5 Å². The second-order valence-corrected chi connectivity index (χ2v) is 5.34. The van der Waals surface area contributed by atoms with E-state index in [1.807, 2.05) is 18.3 Å². The number of hydrogen-bond donors (Lipinski definition) is 2. The first kappa shape index (κ1) is 12.8. The summed E-state index contributed by atoms with van der Waals surface area (Å²) in [6.07, 6.45) is 7.55. The lowest BCUT2D eigenvalue weighted by molar-refractivity contribution is -0.116. The Morgan fingerprint density at radius 1 is 1.35 bits per heavy atom. The van der Waals surface area contributed by atoms with Crippen LogP contribution in [0.25, 0.3) is 0 Å². The van der Waals surface area contributed by atoms with Crippen molar-refractivity contribution in [2.45, 2.75) is 31.3 Å². The summed E-state index contributed by atoms with van der Waals surface area (Å²) in [5.41, 5.74) is 6.75. The molecule has 20 heavy (non-hydrogen) atoms. The van der Waals surface area contributed by atoms with Crippen LogP contribution in [0.15, 0.2) is 36.8 Å². The third-order valence-electron chi connectivity index (χ3n) is 3.41. The lowest BCUT2D eigenvalue weighted by atomic mass is 10.2. The molecule has 6 heteroatoms. The first-order valence-electron chi connectivity index (χ1n) is 6.64. The SMILES string of the molecule is NC1(CC(=O)Nc2ccn(Cc3ccncc3)n2)CC1. The molecule has 0 spiro atoms. The standard InChI is InChI=1S/C14H17N5O/c15-14(4-5-14)9-13(20)17-12-3-8-19(18-12)10-11-1-6-16-7-2-11/h1-3,6-8H,4-5,9-10,15H2,(H,17,18,20). The summed E-state index contributed by atoms with van der Waals surface area (Å²) < 4.78 is 1.78. The Labute approximate surface area is 117 Å². The molecule has 3 rings (SSSR count). The average Bonchev–Trinajstić information content (AvgIpc) is 2.97. The molecule has 0 radical (unpaired) electrons. The minimum atomic E-state index is -0.274. The molecule has 1 aliphatic carbocycles. The zero-order chi connectivity index (χ0) is 14.0. The van der Waals surface area contributed by atoms with Gasteiger partial charge in [-0.15, -0.1) is 0 Å². The first-order chi connectivity index (χ1) is 9.63. The molecule has 0 bridgehead atoms. The molecule has 6 nitrogen and oxygen atoms in total. The molecule has 0 aromatic carbocycles. The van der Waals surface area contributed by atoms with E-state index in [0.29, 0.717) is 18.8 Å². The van der Waals surface area contributed by atoms with Crippen LogP contribution in [0.1, 0.15) is 24.8 Å². The van der Waals surface area contributed by atoms with Crippen molar-refractivity contribution < 1.29 is 4.79 Å². The van der Waals surface area contributed by atoms with E-state index < -0.39 is 0 Å². The molecular weight excluding hydrogens is 254 g/mol. The maximum Gasteiger partial charge on any atom is 0.227 e. The second-order valence-electron chi connectivity index (χ2n) is 5.34. The fourth-order valence-electron chi connectivity index (χ4n) is 2.04. The van der Waals surface area contributed by atoms with Gasteiger partial charge in [0.15, 0.2) is 5.82 Å². The highest BCUT2D eigenvalue weighted by molar-refractivity contribution is 5.90. The van der Waals surface area contributed by atoms with Crippen molar-refractivity contribution in [1.82, 2.24) is 14.8 Å². The number of aromatic nitrogens is 3. The number of nitrogens with zero attached hydrogens (tertiary/aromatic N) is 3. The highest BCUT2D eigenvalue weighted by Crippen LogP contribution is 2.35. The minimum Gasteiger partial charge on any atom is -0.325 e. The molecule has 3 N–H and O–H groups in total. The van der Waals surface area contributed by atoms with Crippen molar-refractivity contribution in [3.05, 3.63) is 42.4 Å². The maximum atomic E-state index is 11.8. The van der Waals surface area contributed by atoms with Gasteiger partial charge in [-0.1, -0.05) is 0 Å². The van der Waals surface area contributed by atoms with Gasteiger partial charge in [0, 0.05) is 36.6 Å². The van der Waals surface area contributed by atoms with E-state index in [1.165, 1.54) is 0 Å². The summed E-state index contributed by atoms with van der Waals surface area (Å²) in [6, 6.07) is 5.66. The zero-order valence-electron chi connectivity index (χ0n) is 11.1. The van der Waals surface area contributed by atoms with Gasteiger partial charge < -0.3 is 11.1 Å². The summed E-state index contributed by atoms with van der Waals surface area (Å²) >= 11 is 0. The number of rotatable bonds is 5. The van der Waals surface area contributed by atoms with Gasteiger partial charge >= 0.3 is 0 Å². The number of pyridine rings is 1. The lowest BCUT2D eigenvalue weighted by Gasteiger charge is -2.07. The Hall–Kier alpha value is -2.21. The fraction of sp³-hybridized carbons (Fsp3) is 0.357. The Kier molecular flexibility index (Phi) is 3.23. The molecular formula is C14H17N5O. The molecule has 1 saturated carbocycles. The Balaban J connectivity index is 1.58. The molecule has 2 aromatic rings. The molecule has 0 aliphatic heterocycles. The van der Waals surface area contributed by atoms with Crippen molar-refractivity contribution in [3.8, 4) is 0 Å². The molecule has 0 unspecified atom stereocenters. The van der Waals surface area contributed by atoms with Crippen molar-refractivity contribution >= 4 is 11.7 Å². The summed E-state index contributed by atoms with van der Waals surface area (Å²) in [5, 5.41) is 7.10. The van der Waals surface area contributed by atoms with Crippen molar-refractivity contribution in [3.63, 3.8) is 0 Å². The number of hydrogen-bond acceptors (Lipinski definition) is 4. The van der Waals surface area contributed by atoms with Crippen LogP contribution in [0, 0.1) is 0 Å². The van der Waals surface area contributed by atoms with Crippen LogP contribution < -0.4 is 11.1 Å². The highest BCUT2D eigenvalue weighted by Gasteiger charge is 2.40. The normalized spacial score (nSPS) is 15.8. The Morgan fingerprint density at radius 2 is 2.10 bits per heavy atom. The van der Waals surface area contributed by atoms with E-state index in [0.717, 1.165) is 18.4 Å². The van der Waals surface area contributed by atoms with Crippen LogP contribution in [-0.4, -0.2) is 26.2 Å². The van der Waals surface area contributed by atoms with Crippen molar-refractivity contribution in [1.29, 1.82) is 0 Å². The largest absolute Gasteiger partial charge is 0.325 e. The van der Waals surface area contributed by atoms with Crippen molar-refractivity contribution in [2.75, 3.05) is 5.32 Å². The molecule has 0 atom stereocenters. The van der Waals surface area contributed by atoms with Crippen molar-refractivity contribution in [2.24, 2.45) is 5.73 Å². The zero-order valence-corrected chi connectivity index (χ0v) is 11.1. The van der Waals surface area contributed by atoms with Crippen LogP contribution in [0.5, 0.6) is 0 Å². The van der Waals surface area contributed by atoms with Gasteiger partial charge in [-0.2, -0.15) is 5.10 Å². The number of carbonyl (C=O) groups excluding carboxylic acids is 1. The van der Waals surface area contributed by atoms with Gasteiger partial charge in [-0.25, -0.2) is 0 Å². The average molecular weight is 271 g/mol. The number of amides is 1. The third-order valence-corrected chi connectivity index (χ3v) is 3.41. The first-order valence-corrected chi connectivity index (χ1v) is 6.64. The van der Waals surface area contributed by atoms with Crippen LogP contribution in [0.2, 0.25) is 0 Å². The maximum absolute atomic E-state index is 11.8. The van der Waals surface area contributed by atoms with Crippen LogP contribution in [0.4, 0.5) is 5.82 Å². The monoisotopic (exact) mass is 271 g/mol. The predicted octanol–water partition coefficient (Wildman–Crippen LogP) is 1.15. The van der Waals surface area contributed by atoms with Gasteiger partial charge in [-0.3, -0.25) is 14.5 Å². The Morgan fingerprint density at radius 3 is 2.80 bits per heavy atom. The van der Waals surface area contributed by atoms with Crippen LogP contribution in [0.3, 0.4) is 0 Å². The van der Waals surface area contributed by atoms with Crippen LogP contribution >= 0.6 is 0 Å². The van der Waals surface area contributed by atoms with Gasteiger partial charge in [0.2, 0.25) is 5.91 Å². The van der Waals surface area contributed by atoms with E-state index in [9.17, 15) is 4.79 Å². The van der Waals surface area contributed by atoms with E-state index in [2.05, 4.69) is 15.4 Å². The van der Waals surface area contributed by atoms with E-state index >= 15 is 0 Å². The third kappa shape index (κ3) is 3.21. The minimum absolute atomic E-state index is 0.0702. The molecule has 2 heterocycles. The smallest absolute Gasteiger partial charge is 0.227 e. The lowest BCUT2D eigenvalue weighted by Crippen LogP contribution is -2.28. The summed E-state index contributed by atoms with van der Waals surface area (Å²) in [4.78, 5) is 15.8. The van der Waals surface area contributed by atoms with E-state index in [1.54, 1.807) is 23.1 Å². The topological polar surface area (TPSA) is 85.8 Å². The quantitative estimate of drug-likeness (QED) is 0.854. The number of anilines is 1. The van der Waals surface area contributed by atoms with Crippen LogP contribution in [-0.2, 0) is 11.3 Å². The molecule has 1 aliphatic rings. The van der Waals surface area contributed by atoms with E-state index in [-0.39, 0.29) is 11.4 Å². The van der Waals surface area contributed by atoms with Gasteiger partial charge in [0.05, 0.1) is 6.54 Å². The molecule has 104 valence electrons. The number of nitrogens with one attached hydrogen (secondary N) is 1. The van der Waals surface area contributed by atoms with E-state index in [4.69, 9.17) is 5.73 Å². The summed E-state index contributed by atoms with van der Waals surface area (Å²) in [5.74, 6) is 0.493. The number of nitrogens with two attached hydrogens (primary N) is 1.